The lowest BCUT2D eigenvalue weighted by atomic mass is 9.86. The number of hydrogen-bond donors (Lipinski definition) is 2. The van der Waals surface area contributed by atoms with Crippen LogP contribution < -0.4 is 10.8 Å². The summed E-state index contributed by atoms with van der Waals surface area (Å²) in [5.74, 6) is -0.224. The highest BCUT2D eigenvalue weighted by Crippen LogP contribution is 2.31. The second-order valence-corrected chi connectivity index (χ2v) is 5.90. The molecule has 106 valence electrons. The van der Waals surface area contributed by atoms with Crippen LogP contribution >= 0.6 is 9.39 Å². The average molecular weight is 274 g/mol. The van der Waals surface area contributed by atoms with Gasteiger partial charge in [0.05, 0.1) is 0 Å². The molecule has 0 radical (unpaired) electrons. The number of unbranched alkanes of at least 4 members (excludes halogenated alkanes) is 1. The van der Waals surface area contributed by atoms with E-state index in [0.717, 1.165) is 45.1 Å². The van der Waals surface area contributed by atoms with E-state index in [0.29, 0.717) is 6.42 Å². The largest absolute Gasteiger partial charge is 0.458 e. The Bertz CT molecular complexity index is 255. The molecule has 4 nitrogen and oxygen atoms in total. The molecule has 0 saturated heterocycles. The van der Waals surface area contributed by atoms with Crippen LogP contribution in [0.1, 0.15) is 58.3 Å². The molecule has 3 N–H and O–H groups in total. The van der Waals surface area contributed by atoms with Crippen LogP contribution in [0.3, 0.4) is 0 Å². The first kappa shape index (κ1) is 15.9. The highest BCUT2D eigenvalue weighted by Gasteiger charge is 2.32. The predicted molar refractivity (Wildman–Crippen MR) is 77.1 cm³/mol. The molecule has 1 saturated carbocycles. The Hall–Kier alpha value is -0.180. The quantitative estimate of drug-likeness (QED) is 0.424. The summed E-state index contributed by atoms with van der Waals surface area (Å²) in [4.78, 5) is 11.9. The van der Waals surface area contributed by atoms with Crippen molar-refractivity contribution in [3.63, 3.8) is 0 Å². The predicted octanol–water partition coefficient (Wildman–Crippen LogP) is 2.13. The molecule has 0 aromatic rings. The smallest absolute Gasteiger partial charge is 0.323 e. The van der Waals surface area contributed by atoms with Crippen molar-refractivity contribution in [1.82, 2.24) is 5.09 Å². The second kappa shape index (κ2) is 8.08. The van der Waals surface area contributed by atoms with Crippen LogP contribution in [-0.2, 0) is 9.53 Å². The summed E-state index contributed by atoms with van der Waals surface area (Å²) in [5.41, 5.74) is 5.61. The van der Waals surface area contributed by atoms with Crippen LogP contribution in [0, 0.1) is 0 Å². The van der Waals surface area contributed by atoms with E-state index in [2.05, 4.69) is 14.5 Å². The fourth-order valence-electron chi connectivity index (χ4n) is 2.43. The number of carbonyl (C=O) groups is 1. The third kappa shape index (κ3) is 5.64. The van der Waals surface area contributed by atoms with E-state index in [1.807, 2.05) is 6.92 Å². The van der Waals surface area contributed by atoms with Gasteiger partial charge in [0.1, 0.15) is 11.6 Å². The summed E-state index contributed by atoms with van der Waals surface area (Å²) >= 11 is 0. The minimum atomic E-state index is -0.465. The van der Waals surface area contributed by atoms with Crippen molar-refractivity contribution in [1.29, 1.82) is 0 Å². The Morgan fingerprint density at radius 2 is 2.06 bits per heavy atom. The van der Waals surface area contributed by atoms with E-state index in [9.17, 15) is 4.79 Å². The number of rotatable bonds is 7. The fourth-order valence-corrected chi connectivity index (χ4v) is 2.63. The van der Waals surface area contributed by atoms with Crippen molar-refractivity contribution in [3.8, 4) is 0 Å². The van der Waals surface area contributed by atoms with Gasteiger partial charge in [0.25, 0.3) is 0 Å². The Morgan fingerprint density at radius 1 is 1.39 bits per heavy atom. The van der Waals surface area contributed by atoms with Crippen molar-refractivity contribution in [3.05, 3.63) is 0 Å². The standard InChI is InChI=1S/C13H27N2O2P/c1-13(8-4-2-5-9-13)17-12(16)11(14)7-3-6-10-15-18/h11,15H,2-10,14,18H2,1H3/t11-/m0/s1. The SMILES string of the molecule is CC1(OC(=O)[C@@H](N)CCCCNP)CCCCC1. The summed E-state index contributed by atoms with van der Waals surface area (Å²) in [6.07, 6.45) is 8.20. The molecule has 0 aromatic carbocycles. The zero-order valence-corrected chi connectivity index (χ0v) is 12.6. The molecule has 0 heterocycles. The number of ether oxygens (including phenoxy) is 1. The minimum Gasteiger partial charge on any atom is -0.458 e. The lowest BCUT2D eigenvalue weighted by molar-refractivity contribution is -0.163. The highest BCUT2D eigenvalue weighted by molar-refractivity contribution is 7.13. The van der Waals surface area contributed by atoms with Gasteiger partial charge in [0.2, 0.25) is 0 Å². The molecule has 18 heavy (non-hydrogen) atoms. The number of carbonyl (C=O) groups excluding carboxylic acids is 1. The summed E-state index contributed by atoms with van der Waals surface area (Å²) < 4.78 is 5.61. The van der Waals surface area contributed by atoms with Crippen molar-refractivity contribution < 1.29 is 9.53 Å². The van der Waals surface area contributed by atoms with Gasteiger partial charge in [-0.15, -0.1) is 0 Å². The van der Waals surface area contributed by atoms with Crippen LogP contribution in [-0.4, -0.2) is 24.2 Å². The van der Waals surface area contributed by atoms with Gasteiger partial charge in [-0.3, -0.25) is 4.79 Å². The molecule has 1 aliphatic rings. The van der Waals surface area contributed by atoms with E-state index >= 15 is 0 Å². The van der Waals surface area contributed by atoms with Crippen molar-refractivity contribution in [2.75, 3.05) is 6.54 Å². The Kier molecular flexibility index (Phi) is 7.13. The summed E-state index contributed by atoms with van der Waals surface area (Å²) in [7, 11) is 2.47. The molecular formula is C13H27N2O2P. The minimum absolute atomic E-state index is 0.224. The van der Waals surface area contributed by atoms with Gasteiger partial charge in [-0.1, -0.05) is 22.2 Å². The van der Waals surface area contributed by atoms with Crippen LogP contribution in [0.25, 0.3) is 0 Å². The molecule has 0 spiro atoms. The zero-order valence-electron chi connectivity index (χ0n) is 11.4. The monoisotopic (exact) mass is 274 g/mol. The maximum atomic E-state index is 11.9. The third-order valence-electron chi connectivity index (χ3n) is 3.65. The molecule has 1 aliphatic carbocycles. The molecule has 1 fully saturated rings. The van der Waals surface area contributed by atoms with Crippen molar-refractivity contribution in [2.24, 2.45) is 5.73 Å². The van der Waals surface area contributed by atoms with Gasteiger partial charge in [0, 0.05) is 0 Å². The number of nitrogens with two attached hydrogens (primary N) is 1. The van der Waals surface area contributed by atoms with E-state index in [1.54, 1.807) is 0 Å². The third-order valence-corrected chi connectivity index (χ3v) is 3.94. The Balaban J connectivity index is 2.25. The maximum Gasteiger partial charge on any atom is 0.323 e. The summed E-state index contributed by atoms with van der Waals surface area (Å²) in [6, 6.07) is -0.465. The first-order chi connectivity index (χ1) is 8.57. The topological polar surface area (TPSA) is 64.3 Å². The molecule has 0 bridgehead atoms. The maximum absolute atomic E-state index is 11.9. The van der Waals surface area contributed by atoms with E-state index in [1.165, 1.54) is 6.42 Å². The first-order valence-electron chi connectivity index (χ1n) is 6.99. The van der Waals surface area contributed by atoms with Crippen molar-refractivity contribution >= 4 is 15.4 Å². The number of esters is 1. The zero-order chi connectivity index (χ0) is 13.4. The first-order valence-corrected chi connectivity index (χ1v) is 7.57. The lowest BCUT2D eigenvalue weighted by Gasteiger charge is -2.34. The van der Waals surface area contributed by atoms with Gasteiger partial charge in [0.15, 0.2) is 0 Å². The van der Waals surface area contributed by atoms with Gasteiger partial charge >= 0.3 is 5.97 Å². The van der Waals surface area contributed by atoms with E-state index < -0.39 is 6.04 Å². The van der Waals surface area contributed by atoms with E-state index in [4.69, 9.17) is 10.5 Å². The molecule has 2 atom stereocenters. The molecule has 0 amide bonds. The van der Waals surface area contributed by atoms with Gasteiger partial charge in [-0.05, 0) is 52.0 Å². The molecule has 5 heteroatoms. The molecule has 0 aromatic heterocycles. The lowest BCUT2D eigenvalue weighted by Crippen LogP contribution is -2.41. The highest BCUT2D eigenvalue weighted by atomic mass is 31.0. The van der Waals surface area contributed by atoms with Gasteiger partial charge in [-0.2, -0.15) is 0 Å². The van der Waals surface area contributed by atoms with Crippen LogP contribution in [0.5, 0.6) is 0 Å². The summed E-state index contributed by atoms with van der Waals surface area (Å²) in [5, 5.41) is 3.00. The number of nitrogens with one attached hydrogen (secondary N) is 1. The fraction of sp³-hybridized carbons (Fsp3) is 0.923. The van der Waals surface area contributed by atoms with E-state index in [-0.39, 0.29) is 11.6 Å². The molecular weight excluding hydrogens is 247 g/mol. The Morgan fingerprint density at radius 3 is 2.67 bits per heavy atom. The van der Waals surface area contributed by atoms with Crippen LogP contribution in [0.15, 0.2) is 0 Å². The molecule has 0 aliphatic heterocycles. The van der Waals surface area contributed by atoms with Crippen LogP contribution in [0.4, 0.5) is 0 Å². The van der Waals surface area contributed by atoms with Crippen molar-refractivity contribution in [2.45, 2.75) is 69.9 Å². The van der Waals surface area contributed by atoms with Gasteiger partial charge in [-0.25, -0.2) is 0 Å². The van der Waals surface area contributed by atoms with Crippen LogP contribution in [0.2, 0.25) is 0 Å². The average Bonchev–Trinajstić information content (AvgIpc) is 2.34. The molecule has 1 rings (SSSR count). The normalized spacial score (nSPS) is 20.4. The Labute approximate surface area is 113 Å². The summed E-state index contributed by atoms with van der Waals surface area (Å²) in [6.45, 7) is 2.97. The number of hydrogen-bond acceptors (Lipinski definition) is 4. The molecule has 1 unspecified atom stereocenters. The second-order valence-electron chi connectivity index (χ2n) is 5.49. The van der Waals surface area contributed by atoms with Gasteiger partial charge < -0.3 is 15.6 Å².